The summed E-state index contributed by atoms with van der Waals surface area (Å²) in [7, 11) is 1.59. The maximum atomic E-state index is 12.9. The highest BCUT2D eigenvalue weighted by Gasteiger charge is 2.24. The van der Waals surface area contributed by atoms with Gasteiger partial charge in [-0.3, -0.25) is 4.79 Å². The fourth-order valence-electron chi connectivity index (χ4n) is 3.03. The third-order valence-corrected chi connectivity index (χ3v) is 4.27. The molecule has 3 rings (SSSR count). The van der Waals surface area contributed by atoms with Crippen molar-refractivity contribution in [2.24, 2.45) is 0 Å². The van der Waals surface area contributed by atoms with E-state index >= 15 is 0 Å². The molecule has 0 aliphatic rings. The van der Waals surface area contributed by atoms with Crippen LogP contribution in [-0.4, -0.2) is 30.0 Å². The number of nitrogens with one attached hydrogen (secondary N) is 1. The number of aryl methyl sites for hydroxylation is 1. The lowest BCUT2D eigenvalue weighted by Gasteiger charge is -2.13. The minimum atomic E-state index is -0.883. The minimum absolute atomic E-state index is 0.221. The van der Waals surface area contributed by atoms with Crippen molar-refractivity contribution in [2.75, 3.05) is 7.11 Å². The number of para-hydroxylation sites is 1. The minimum Gasteiger partial charge on any atom is -0.451 e. The number of ketones is 1. The molecule has 1 heterocycles. The topological polar surface area (TPSA) is 68.4 Å². The van der Waals surface area contributed by atoms with Crippen LogP contribution in [0.5, 0.6) is 0 Å². The zero-order valence-electron chi connectivity index (χ0n) is 15.0. The largest absolute Gasteiger partial charge is 0.451 e. The van der Waals surface area contributed by atoms with Gasteiger partial charge in [0.25, 0.3) is 0 Å². The van der Waals surface area contributed by atoms with Gasteiger partial charge in [-0.05, 0) is 37.6 Å². The molecule has 3 aromatic rings. The molecule has 1 atom stereocenters. The van der Waals surface area contributed by atoms with Crippen molar-refractivity contribution in [2.45, 2.75) is 26.6 Å². The second kappa shape index (κ2) is 7.54. The number of esters is 1. The molecule has 5 nitrogen and oxygen atoms in total. The number of ether oxygens (including phenoxy) is 2. The molecule has 0 unspecified atom stereocenters. The van der Waals surface area contributed by atoms with Gasteiger partial charge in [0.05, 0.1) is 12.2 Å². The first-order valence-corrected chi connectivity index (χ1v) is 8.41. The Bertz CT molecular complexity index is 958. The molecule has 0 amide bonds. The van der Waals surface area contributed by atoms with E-state index in [2.05, 4.69) is 4.98 Å². The van der Waals surface area contributed by atoms with Crippen LogP contribution < -0.4 is 0 Å². The summed E-state index contributed by atoms with van der Waals surface area (Å²) in [6.45, 7) is 3.85. The molecule has 0 saturated heterocycles. The number of benzene rings is 2. The number of aromatic amines is 1. The Labute approximate surface area is 151 Å². The molecule has 26 heavy (non-hydrogen) atoms. The molecule has 0 spiro atoms. The third-order valence-electron chi connectivity index (χ3n) is 4.27. The van der Waals surface area contributed by atoms with Crippen LogP contribution in [0.2, 0.25) is 0 Å². The van der Waals surface area contributed by atoms with Gasteiger partial charge < -0.3 is 14.5 Å². The predicted molar refractivity (Wildman–Crippen MR) is 99.4 cm³/mol. The molecular weight excluding hydrogens is 330 g/mol. The first-order valence-electron chi connectivity index (χ1n) is 8.41. The number of H-pyrrole nitrogens is 1. The number of methoxy groups -OCH3 is 1. The molecule has 134 valence electrons. The Kier molecular flexibility index (Phi) is 5.19. The maximum Gasteiger partial charge on any atom is 0.338 e. The van der Waals surface area contributed by atoms with Gasteiger partial charge in [-0.15, -0.1) is 0 Å². The lowest BCUT2D eigenvalue weighted by Crippen LogP contribution is -2.25. The highest BCUT2D eigenvalue weighted by molar-refractivity contribution is 6.11. The Balaban J connectivity index is 1.79. The number of carbonyl (C=O) groups excluding carboxylic acids is 2. The van der Waals surface area contributed by atoms with Crippen molar-refractivity contribution in [3.05, 3.63) is 70.9 Å². The van der Waals surface area contributed by atoms with Gasteiger partial charge in [-0.25, -0.2) is 4.79 Å². The molecule has 0 aliphatic heterocycles. The van der Waals surface area contributed by atoms with Gasteiger partial charge >= 0.3 is 5.97 Å². The van der Waals surface area contributed by atoms with Crippen LogP contribution in [0.4, 0.5) is 0 Å². The van der Waals surface area contributed by atoms with E-state index in [9.17, 15) is 9.59 Å². The standard InChI is InChI=1S/C21H21NO4/c1-13-19(17-9-4-5-10-18(17)22-13)20(23)14(2)26-21(24)16-8-6-7-15(11-16)12-25-3/h4-11,14,22H,12H2,1-3H3/t14-/m1/s1. The highest BCUT2D eigenvalue weighted by Crippen LogP contribution is 2.24. The van der Waals surface area contributed by atoms with E-state index in [1.165, 1.54) is 0 Å². The molecule has 1 N–H and O–H groups in total. The van der Waals surface area contributed by atoms with E-state index in [-0.39, 0.29) is 5.78 Å². The van der Waals surface area contributed by atoms with E-state index in [0.29, 0.717) is 17.7 Å². The van der Waals surface area contributed by atoms with Crippen molar-refractivity contribution in [3.8, 4) is 0 Å². The summed E-state index contributed by atoms with van der Waals surface area (Å²) in [4.78, 5) is 28.5. The fourth-order valence-corrected chi connectivity index (χ4v) is 3.03. The van der Waals surface area contributed by atoms with E-state index < -0.39 is 12.1 Å². The summed E-state index contributed by atoms with van der Waals surface area (Å²) in [5, 5.41) is 0.833. The number of carbonyl (C=O) groups is 2. The average molecular weight is 351 g/mol. The van der Waals surface area contributed by atoms with E-state index in [0.717, 1.165) is 22.2 Å². The highest BCUT2D eigenvalue weighted by atomic mass is 16.5. The third kappa shape index (κ3) is 3.53. The summed E-state index contributed by atoms with van der Waals surface area (Å²) in [5.74, 6) is -0.748. The second-order valence-corrected chi connectivity index (χ2v) is 6.22. The number of hydrogen-bond donors (Lipinski definition) is 1. The van der Waals surface area contributed by atoms with Gasteiger partial charge in [0, 0.05) is 29.3 Å². The molecule has 1 aromatic heterocycles. The Morgan fingerprint density at radius 1 is 1.12 bits per heavy atom. The number of Topliss-reactive ketones (excluding diaryl/α,β-unsaturated/α-hetero) is 1. The number of fused-ring (bicyclic) bond motifs is 1. The first kappa shape index (κ1) is 17.9. The lowest BCUT2D eigenvalue weighted by molar-refractivity contribution is 0.0319. The molecule has 5 heteroatoms. The van der Waals surface area contributed by atoms with Gasteiger partial charge in [0.2, 0.25) is 5.78 Å². The van der Waals surface area contributed by atoms with Crippen molar-refractivity contribution in [1.82, 2.24) is 4.98 Å². The number of rotatable bonds is 6. The molecule has 2 aromatic carbocycles. The van der Waals surface area contributed by atoms with Crippen LogP contribution in [0.3, 0.4) is 0 Å². The quantitative estimate of drug-likeness (QED) is 0.537. The summed E-state index contributed by atoms with van der Waals surface area (Å²) in [6.07, 6.45) is -0.883. The van der Waals surface area contributed by atoms with Gasteiger partial charge in [0.1, 0.15) is 0 Å². The number of aromatic nitrogens is 1. The van der Waals surface area contributed by atoms with Crippen LogP contribution in [0.1, 0.15) is 38.9 Å². The van der Waals surface area contributed by atoms with Crippen molar-refractivity contribution in [1.29, 1.82) is 0 Å². The molecule has 0 radical (unpaired) electrons. The van der Waals surface area contributed by atoms with Gasteiger partial charge in [-0.2, -0.15) is 0 Å². The van der Waals surface area contributed by atoms with Crippen molar-refractivity contribution >= 4 is 22.7 Å². The predicted octanol–water partition coefficient (Wildman–Crippen LogP) is 4.05. The zero-order chi connectivity index (χ0) is 18.7. The SMILES string of the molecule is COCc1cccc(C(=O)O[C@H](C)C(=O)c2c(C)[nH]c3ccccc23)c1. The number of hydrogen-bond acceptors (Lipinski definition) is 4. The second-order valence-electron chi connectivity index (χ2n) is 6.22. The maximum absolute atomic E-state index is 12.9. The van der Waals surface area contributed by atoms with Crippen LogP contribution >= 0.6 is 0 Å². The Hall–Kier alpha value is -2.92. The molecule has 0 aliphatic carbocycles. The molecule has 0 bridgehead atoms. The van der Waals surface area contributed by atoms with E-state index in [1.807, 2.05) is 37.3 Å². The summed E-state index contributed by atoms with van der Waals surface area (Å²) in [5.41, 5.74) is 3.48. The Morgan fingerprint density at radius 2 is 1.88 bits per heavy atom. The van der Waals surface area contributed by atoms with Crippen LogP contribution in [0.15, 0.2) is 48.5 Å². The zero-order valence-corrected chi connectivity index (χ0v) is 15.0. The first-order chi connectivity index (χ1) is 12.5. The van der Waals surface area contributed by atoms with Crippen molar-refractivity contribution < 1.29 is 19.1 Å². The van der Waals surface area contributed by atoms with E-state index in [1.54, 1.807) is 32.2 Å². The van der Waals surface area contributed by atoms with Crippen molar-refractivity contribution in [3.63, 3.8) is 0 Å². The summed E-state index contributed by atoms with van der Waals surface area (Å²) in [6, 6.07) is 14.6. The summed E-state index contributed by atoms with van der Waals surface area (Å²) < 4.78 is 10.5. The fraction of sp³-hybridized carbons (Fsp3) is 0.238. The lowest BCUT2D eigenvalue weighted by atomic mass is 10.0. The normalized spacial score (nSPS) is 12.1. The van der Waals surface area contributed by atoms with Gasteiger partial charge in [-0.1, -0.05) is 30.3 Å². The smallest absolute Gasteiger partial charge is 0.338 e. The molecule has 0 fully saturated rings. The van der Waals surface area contributed by atoms with Crippen LogP contribution in [0.25, 0.3) is 10.9 Å². The Morgan fingerprint density at radius 3 is 2.65 bits per heavy atom. The van der Waals surface area contributed by atoms with Gasteiger partial charge in [0.15, 0.2) is 6.10 Å². The van der Waals surface area contributed by atoms with E-state index in [4.69, 9.17) is 9.47 Å². The molecular formula is C21H21NO4. The summed E-state index contributed by atoms with van der Waals surface area (Å²) >= 11 is 0. The monoisotopic (exact) mass is 351 g/mol. The van der Waals surface area contributed by atoms with Crippen LogP contribution in [0, 0.1) is 6.92 Å². The molecule has 0 saturated carbocycles. The average Bonchev–Trinajstić information content (AvgIpc) is 2.97. The van der Waals surface area contributed by atoms with Crippen LogP contribution in [-0.2, 0) is 16.1 Å².